The summed E-state index contributed by atoms with van der Waals surface area (Å²) in [6.07, 6.45) is 3.53. The van der Waals surface area contributed by atoms with Crippen molar-refractivity contribution in [3.63, 3.8) is 0 Å². The highest BCUT2D eigenvalue weighted by atomic mass is 16.5. The number of guanidine groups is 1. The quantitative estimate of drug-likeness (QED) is 0.489. The number of carbonyl (C=O) groups is 1. The largest absolute Gasteiger partial charge is 0.493 e. The van der Waals surface area contributed by atoms with Crippen molar-refractivity contribution in [3.8, 4) is 11.5 Å². The predicted octanol–water partition coefficient (Wildman–Crippen LogP) is 2.19. The number of amides is 1. The van der Waals surface area contributed by atoms with Gasteiger partial charge < -0.3 is 24.6 Å². The van der Waals surface area contributed by atoms with Gasteiger partial charge in [0.2, 0.25) is 5.91 Å². The fourth-order valence-corrected chi connectivity index (χ4v) is 4.23. The van der Waals surface area contributed by atoms with E-state index in [9.17, 15) is 4.79 Å². The molecule has 32 heavy (non-hydrogen) atoms. The molecule has 0 aromatic heterocycles. The van der Waals surface area contributed by atoms with Crippen LogP contribution in [0, 0.1) is 0 Å². The van der Waals surface area contributed by atoms with Crippen LogP contribution in [-0.4, -0.2) is 92.6 Å². The van der Waals surface area contributed by atoms with Gasteiger partial charge in [0, 0.05) is 45.8 Å². The second kappa shape index (κ2) is 12.5. The lowest BCUT2D eigenvalue weighted by Gasteiger charge is -2.37. The topological polar surface area (TPSA) is 69.6 Å². The number of methoxy groups -OCH3 is 1. The number of piperazine rings is 1. The maximum absolute atomic E-state index is 12.6. The Balaban J connectivity index is 1.55. The molecule has 2 saturated heterocycles. The maximum atomic E-state index is 12.6. The van der Waals surface area contributed by atoms with Crippen molar-refractivity contribution < 1.29 is 14.3 Å². The molecule has 0 atom stereocenters. The Bertz CT molecular complexity index is 756. The molecule has 0 unspecified atom stereocenters. The summed E-state index contributed by atoms with van der Waals surface area (Å²) >= 11 is 0. The molecule has 0 saturated carbocycles. The molecule has 178 valence electrons. The van der Waals surface area contributed by atoms with Gasteiger partial charge in [0.15, 0.2) is 17.5 Å². The Morgan fingerprint density at radius 1 is 1.00 bits per heavy atom. The second-order valence-electron chi connectivity index (χ2n) is 8.29. The van der Waals surface area contributed by atoms with E-state index >= 15 is 0 Å². The normalized spacial score (nSPS) is 17.9. The molecule has 1 aromatic rings. The molecular formula is C24H39N5O3. The number of ether oxygens (including phenoxy) is 2. The molecule has 0 bridgehead atoms. The lowest BCUT2D eigenvalue weighted by molar-refractivity contribution is -0.133. The smallest absolute Gasteiger partial charge is 0.236 e. The molecule has 2 heterocycles. The van der Waals surface area contributed by atoms with Crippen molar-refractivity contribution in [2.45, 2.75) is 39.7 Å². The molecule has 3 rings (SSSR count). The number of aliphatic imine (C=N–C) groups is 1. The van der Waals surface area contributed by atoms with Crippen molar-refractivity contribution in [3.05, 3.63) is 23.8 Å². The van der Waals surface area contributed by atoms with Gasteiger partial charge in [-0.3, -0.25) is 9.69 Å². The lowest BCUT2D eigenvalue weighted by atomic mass is 10.1. The summed E-state index contributed by atoms with van der Waals surface area (Å²) in [7, 11) is 1.65. The molecular weight excluding hydrogens is 406 g/mol. The number of carbonyl (C=O) groups excluding carboxylic acids is 1. The number of likely N-dealkylation sites (tertiary alicyclic amines) is 1. The minimum Gasteiger partial charge on any atom is -0.493 e. The van der Waals surface area contributed by atoms with E-state index in [-0.39, 0.29) is 5.91 Å². The number of nitrogens with one attached hydrogen (secondary N) is 1. The van der Waals surface area contributed by atoms with E-state index in [1.54, 1.807) is 7.11 Å². The third-order valence-electron chi connectivity index (χ3n) is 6.01. The van der Waals surface area contributed by atoms with Crippen molar-refractivity contribution in [2.75, 3.05) is 66.1 Å². The number of rotatable bonds is 8. The van der Waals surface area contributed by atoms with E-state index < -0.39 is 0 Å². The molecule has 2 aliphatic rings. The Kier molecular flexibility index (Phi) is 9.46. The van der Waals surface area contributed by atoms with Crippen LogP contribution in [0.5, 0.6) is 11.5 Å². The van der Waals surface area contributed by atoms with Crippen molar-refractivity contribution in [1.82, 2.24) is 20.0 Å². The summed E-state index contributed by atoms with van der Waals surface area (Å²) in [5, 5.41) is 3.42. The first kappa shape index (κ1) is 24.2. The fraction of sp³-hybridized carbons (Fsp3) is 0.667. The minimum absolute atomic E-state index is 0.281. The fourth-order valence-electron chi connectivity index (χ4n) is 4.23. The van der Waals surface area contributed by atoms with Crippen molar-refractivity contribution >= 4 is 11.9 Å². The van der Waals surface area contributed by atoms with E-state index in [2.05, 4.69) is 22.0 Å². The molecule has 1 N–H and O–H groups in total. The van der Waals surface area contributed by atoms with Crippen LogP contribution in [0.15, 0.2) is 23.2 Å². The Labute approximate surface area is 192 Å². The molecule has 2 aliphatic heterocycles. The van der Waals surface area contributed by atoms with Gasteiger partial charge in [-0.15, -0.1) is 0 Å². The summed E-state index contributed by atoms with van der Waals surface area (Å²) < 4.78 is 11.1. The zero-order chi connectivity index (χ0) is 22.8. The Morgan fingerprint density at radius 3 is 2.41 bits per heavy atom. The molecule has 1 amide bonds. The number of nitrogens with zero attached hydrogens (tertiary/aromatic N) is 4. The first-order valence-electron chi connectivity index (χ1n) is 12.0. The Hall–Kier alpha value is -2.48. The molecule has 0 aliphatic carbocycles. The number of hydrogen-bond acceptors (Lipinski definition) is 5. The molecule has 1 aromatic carbocycles. The number of piperidine rings is 1. The van der Waals surface area contributed by atoms with Crippen molar-refractivity contribution in [1.29, 1.82) is 0 Å². The van der Waals surface area contributed by atoms with Crippen LogP contribution in [0.2, 0.25) is 0 Å². The monoisotopic (exact) mass is 445 g/mol. The van der Waals surface area contributed by atoms with Crippen LogP contribution in [0.25, 0.3) is 0 Å². The highest BCUT2D eigenvalue weighted by molar-refractivity contribution is 5.80. The van der Waals surface area contributed by atoms with E-state index in [4.69, 9.17) is 14.5 Å². The van der Waals surface area contributed by atoms with E-state index in [0.29, 0.717) is 19.7 Å². The van der Waals surface area contributed by atoms with Crippen molar-refractivity contribution in [2.24, 2.45) is 4.99 Å². The number of hydrogen-bond donors (Lipinski definition) is 1. The molecule has 2 fully saturated rings. The average Bonchev–Trinajstić information content (AvgIpc) is 2.83. The first-order chi connectivity index (χ1) is 15.6. The average molecular weight is 446 g/mol. The van der Waals surface area contributed by atoms with E-state index in [1.807, 2.05) is 30.0 Å². The van der Waals surface area contributed by atoms with Gasteiger partial charge in [-0.2, -0.15) is 0 Å². The standard InChI is InChI=1S/C24H39N5O3/c1-4-25-24(26-18-20-9-10-21(31-3)22(17-20)32-5-2)29-15-13-27(14-16-29)19-23(30)28-11-7-6-8-12-28/h9-10,17H,4-8,11-16,18-19H2,1-3H3,(H,25,26). The second-order valence-corrected chi connectivity index (χ2v) is 8.29. The van der Waals surface area contributed by atoms with Gasteiger partial charge in [-0.1, -0.05) is 6.07 Å². The number of benzene rings is 1. The van der Waals surface area contributed by atoms with Crippen LogP contribution >= 0.6 is 0 Å². The molecule has 8 heteroatoms. The summed E-state index contributed by atoms with van der Waals surface area (Å²) in [4.78, 5) is 24.0. The third kappa shape index (κ3) is 6.76. The van der Waals surface area contributed by atoms with Gasteiger partial charge in [0.1, 0.15) is 0 Å². The molecule has 0 spiro atoms. The molecule has 8 nitrogen and oxygen atoms in total. The predicted molar refractivity (Wildman–Crippen MR) is 127 cm³/mol. The van der Waals surface area contributed by atoms with Crippen LogP contribution in [0.1, 0.15) is 38.7 Å². The van der Waals surface area contributed by atoms with Gasteiger partial charge in [-0.25, -0.2) is 4.99 Å². The molecule has 0 radical (unpaired) electrons. The zero-order valence-electron chi connectivity index (χ0n) is 19.9. The summed E-state index contributed by atoms with van der Waals surface area (Å²) in [5.74, 6) is 2.69. The first-order valence-corrected chi connectivity index (χ1v) is 12.0. The maximum Gasteiger partial charge on any atom is 0.236 e. The van der Waals surface area contributed by atoms with Gasteiger partial charge in [0.05, 0.1) is 26.8 Å². The highest BCUT2D eigenvalue weighted by Crippen LogP contribution is 2.28. The van der Waals surface area contributed by atoms with Crippen LogP contribution in [0.4, 0.5) is 0 Å². The van der Waals surface area contributed by atoms with Crippen LogP contribution in [0.3, 0.4) is 0 Å². The SMILES string of the molecule is CCNC(=NCc1ccc(OC)c(OCC)c1)N1CCN(CC(=O)N2CCCCC2)CC1. The zero-order valence-corrected chi connectivity index (χ0v) is 19.9. The summed E-state index contributed by atoms with van der Waals surface area (Å²) in [6, 6.07) is 5.96. The van der Waals surface area contributed by atoms with Crippen LogP contribution < -0.4 is 14.8 Å². The van der Waals surface area contributed by atoms with Gasteiger partial charge >= 0.3 is 0 Å². The van der Waals surface area contributed by atoms with E-state index in [0.717, 1.165) is 81.7 Å². The van der Waals surface area contributed by atoms with Crippen LogP contribution in [-0.2, 0) is 11.3 Å². The third-order valence-corrected chi connectivity index (χ3v) is 6.01. The van der Waals surface area contributed by atoms with E-state index in [1.165, 1.54) is 6.42 Å². The van der Waals surface area contributed by atoms with Gasteiger partial charge in [-0.05, 0) is 50.8 Å². The summed E-state index contributed by atoms with van der Waals surface area (Å²) in [5.41, 5.74) is 1.08. The minimum atomic E-state index is 0.281. The highest BCUT2D eigenvalue weighted by Gasteiger charge is 2.24. The lowest BCUT2D eigenvalue weighted by Crippen LogP contribution is -2.54. The Morgan fingerprint density at radius 2 is 1.75 bits per heavy atom. The summed E-state index contributed by atoms with van der Waals surface area (Å²) in [6.45, 7) is 11.9. The van der Waals surface area contributed by atoms with Gasteiger partial charge in [0.25, 0.3) is 0 Å².